The molecule has 8 nitrogen and oxygen atoms in total. The summed E-state index contributed by atoms with van der Waals surface area (Å²) in [5.41, 5.74) is 6.95. The van der Waals surface area contributed by atoms with Gasteiger partial charge >= 0.3 is 6.03 Å². The maximum absolute atomic E-state index is 14.6. The average molecular weight is 680 g/mol. The number of aromatic nitrogens is 3. The molecule has 6 aromatic rings. The van der Waals surface area contributed by atoms with Crippen LogP contribution in [0.3, 0.4) is 0 Å². The van der Waals surface area contributed by atoms with Crippen molar-refractivity contribution in [3.05, 3.63) is 148 Å². The van der Waals surface area contributed by atoms with Crippen LogP contribution >= 0.6 is 0 Å². The van der Waals surface area contributed by atoms with E-state index in [0.29, 0.717) is 30.1 Å². The summed E-state index contributed by atoms with van der Waals surface area (Å²) in [6.07, 6.45) is 7.50. The number of para-hydroxylation sites is 1. The summed E-state index contributed by atoms with van der Waals surface area (Å²) in [5.74, 6) is 1.03. The van der Waals surface area contributed by atoms with Crippen LogP contribution in [0.5, 0.6) is 5.75 Å². The van der Waals surface area contributed by atoms with Gasteiger partial charge in [0.15, 0.2) is 0 Å². The van der Waals surface area contributed by atoms with E-state index in [1.165, 1.54) is 5.56 Å². The molecule has 3 heterocycles. The molecule has 2 N–H and O–H groups in total. The second kappa shape index (κ2) is 16.3. The summed E-state index contributed by atoms with van der Waals surface area (Å²) in [7, 11) is 0. The standard InChI is InChI=1S/C43H45N5O3/c1-29(2)35-17-9-18-36(30(3)4)39(35)46-43(50)47-40-38(33-15-8-16-34(28-33)51-27-22-32-20-24-44-25-21-32)37-19-10-23-45-41(37)48(42(40)49)26-11-14-31-12-6-5-7-13-31/h5-10,12-13,15-21,23-25,28-30H,11,14,22,26-27H2,1-4H3,(H2,46,47,50). The predicted molar refractivity (Wildman–Crippen MR) is 207 cm³/mol. The van der Waals surface area contributed by atoms with Gasteiger partial charge in [0.1, 0.15) is 17.1 Å². The summed E-state index contributed by atoms with van der Waals surface area (Å²) in [4.78, 5) is 37.5. The number of benzene rings is 3. The van der Waals surface area contributed by atoms with E-state index in [2.05, 4.69) is 55.4 Å². The van der Waals surface area contributed by atoms with Crippen molar-refractivity contribution in [2.45, 2.75) is 65.3 Å². The fraction of sp³-hybridized carbons (Fsp3) is 0.256. The summed E-state index contributed by atoms with van der Waals surface area (Å²) in [5, 5.41) is 6.92. The third-order valence-corrected chi connectivity index (χ3v) is 9.09. The zero-order valence-corrected chi connectivity index (χ0v) is 29.7. The Bertz CT molecular complexity index is 2130. The number of anilines is 2. The van der Waals surface area contributed by atoms with Crippen molar-refractivity contribution in [1.82, 2.24) is 14.5 Å². The number of nitrogens with one attached hydrogen (secondary N) is 2. The number of rotatable bonds is 13. The van der Waals surface area contributed by atoms with Gasteiger partial charge in [-0.25, -0.2) is 9.78 Å². The first-order chi connectivity index (χ1) is 24.8. The van der Waals surface area contributed by atoms with Crippen LogP contribution in [-0.2, 0) is 19.4 Å². The SMILES string of the molecule is CC(C)c1cccc(C(C)C)c1NC(=O)Nc1c(-c2cccc(OCCc3ccncc3)c2)c2cccnc2n(CCCc2ccccc2)c1=O. The second-order valence-electron chi connectivity index (χ2n) is 13.4. The van der Waals surface area contributed by atoms with E-state index in [9.17, 15) is 9.59 Å². The molecule has 0 bridgehead atoms. The molecule has 260 valence electrons. The Labute approximate surface area is 299 Å². The highest BCUT2D eigenvalue weighted by atomic mass is 16.5. The molecule has 0 atom stereocenters. The van der Waals surface area contributed by atoms with Crippen molar-refractivity contribution < 1.29 is 9.53 Å². The summed E-state index contributed by atoms with van der Waals surface area (Å²) >= 11 is 0. The van der Waals surface area contributed by atoms with Gasteiger partial charge in [-0.05, 0) is 88.9 Å². The number of urea groups is 1. The van der Waals surface area contributed by atoms with Crippen molar-refractivity contribution in [2.75, 3.05) is 17.2 Å². The van der Waals surface area contributed by atoms with Crippen LogP contribution in [0.4, 0.5) is 16.2 Å². The molecular weight excluding hydrogens is 635 g/mol. The molecule has 2 amide bonds. The van der Waals surface area contributed by atoms with Gasteiger partial charge in [-0.2, -0.15) is 0 Å². The lowest BCUT2D eigenvalue weighted by Gasteiger charge is -2.22. The molecule has 0 radical (unpaired) electrons. The van der Waals surface area contributed by atoms with Crippen LogP contribution in [0.25, 0.3) is 22.2 Å². The number of pyridine rings is 3. The van der Waals surface area contributed by atoms with Gasteiger partial charge in [0, 0.05) is 48.2 Å². The molecule has 0 unspecified atom stereocenters. The molecular formula is C43H45N5O3. The number of hydrogen-bond donors (Lipinski definition) is 2. The number of fused-ring (bicyclic) bond motifs is 1. The highest BCUT2D eigenvalue weighted by molar-refractivity contribution is 6.07. The molecule has 0 aliphatic carbocycles. The van der Waals surface area contributed by atoms with Crippen molar-refractivity contribution in [1.29, 1.82) is 0 Å². The maximum atomic E-state index is 14.6. The lowest BCUT2D eigenvalue weighted by Crippen LogP contribution is -2.30. The molecule has 0 saturated carbocycles. The Morgan fingerprint density at radius 2 is 1.43 bits per heavy atom. The predicted octanol–water partition coefficient (Wildman–Crippen LogP) is 9.60. The Balaban J connectivity index is 1.40. The molecule has 0 aliphatic rings. The Morgan fingerprint density at radius 3 is 2.16 bits per heavy atom. The average Bonchev–Trinajstić information content (AvgIpc) is 3.14. The van der Waals surface area contributed by atoms with Crippen molar-refractivity contribution >= 4 is 28.4 Å². The third kappa shape index (κ3) is 8.35. The number of aryl methyl sites for hydroxylation is 2. The largest absolute Gasteiger partial charge is 0.493 e. The smallest absolute Gasteiger partial charge is 0.323 e. The molecule has 3 aromatic heterocycles. The van der Waals surface area contributed by atoms with E-state index in [1.54, 1.807) is 23.2 Å². The van der Waals surface area contributed by atoms with E-state index >= 15 is 0 Å². The Hall–Kier alpha value is -5.76. The minimum Gasteiger partial charge on any atom is -0.493 e. The highest BCUT2D eigenvalue weighted by Gasteiger charge is 2.23. The minimum absolute atomic E-state index is 0.185. The Morgan fingerprint density at radius 1 is 0.745 bits per heavy atom. The van der Waals surface area contributed by atoms with Crippen LogP contribution in [-0.4, -0.2) is 27.2 Å². The topological polar surface area (TPSA) is 98.1 Å². The maximum Gasteiger partial charge on any atom is 0.323 e. The van der Waals surface area contributed by atoms with Crippen LogP contribution in [0.2, 0.25) is 0 Å². The van der Waals surface area contributed by atoms with E-state index in [0.717, 1.165) is 52.6 Å². The van der Waals surface area contributed by atoms with Gasteiger partial charge in [-0.1, -0.05) is 88.4 Å². The minimum atomic E-state index is -0.479. The number of amides is 2. The van der Waals surface area contributed by atoms with Crippen molar-refractivity contribution in [3.63, 3.8) is 0 Å². The lowest BCUT2D eigenvalue weighted by molar-refractivity contribution is 0.262. The molecule has 0 spiro atoms. The summed E-state index contributed by atoms with van der Waals surface area (Å²) in [6, 6.07) is 31.3. The lowest BCUT2D eigenvalue weighted by atomic mass is 9.93. The van der Waals surface area contributed by atoms with E-state index < -0.39 is 6.03 Å². The molecule has 3 aromatic carbocycles. The van der Waals surface area contributed by atoms with Gasteiger partial charge < -0.3 is 15.4 Å². The van der Waals surface area contributed by atoms with Gasteiger partial charge in [-0.15, -0.1) is 0 Å². The fourth-order valence-corrected chi connectivity index (χ4v) is 6.52. The molecule has 51 heavy (non-hydrogen) atoms. The zero-order chi connectivity index (χ0) is 35.7. The quantitative estimate of drug-likeness (QED) is 0.127. The van der Waals surface area contributed by atoms with Gasteiger partial charge in [0.2, 0.25) is 0 Å². The number of ether oxygens (including phenoxy) is 1. The van der Waals surface area contributed by atoms with Crippen molar-refractivity contribution in [2.24, 2.45) is 0 Å². The molecule has 0 fully saturated rings. The molecule has 0 aliphatic heterocycles. The first-order valence-corrected chi connectivity index (χ1v) is 17.7. The summed E-state index contributed by atoms with van der Waals surface area (Å²) < 4.78 is 7.87. The van der Waals surface area contributed by atoms with E-state index in [4.69, 9.17) is 9.72 Å². The Kier molecular flexibility index (Phi) is 11.2. The summed E-state index contributed by atoms with van der Waals surface area (Å²) in [6.45, 7) is 9.34. The van der Waals surface area contributed by atoms with Crippen LogP contribution < -0.4 is 20.9 Å². The molecule has 8 heteroatoms. The van der Waals surface area contributed by atoms with Gasteiger partial charge in [-0.3, -0.25) is 14.3 Å². The van der Waals surface area contributed by atoms with E-state index in [1.807, 2.05) is 84.9 Å². The zero-order valence-electron chi connectivity index (χ0n) is 29.7. The number of carbonyl (C=O) groups excluding carboxylic acids is 1. The normalized spacial score (nSPS) is 11.3. The second-order valence-corrected chi connectivity index (χ2v) is 13.4. The first kappa shape index (κ1) is 35.1. The van der Waals surface area contributed by atoms with Gasteiger partial charge in [0.05, 0.1) is 6.61 Å². The third-order valence-electron chi connectivity index (χ3n) is 9.09. The van der Waals surface area contributed by atoms with Crippen molar-refractivity contribution in [3.8, 4) is 16.9 Å². The number of nitrogens with zero attached hydrogens (tertiary/aromatic N) is 3. The monoisotopic (exact) mass is 679 g/mol. The highest BCUT2D eigenvalue weighted by Crippen LogP contribution is 2.36. The van der Waals surface area contributed by atoms with Crippen LogP contribution in [0, 0.1) is 0 Å². The first-order valence-electron chi connectivity index (χ1n) is 17.7. The van der Waals surface area contributed by atoms with Gasteiger partial charge in [0.25, 0.3) is 5.56 Å². The van der Waals surface area contributed by atoms with E-state index in [-0.39, 0.29) is 23.1 Å². The van der Waals surface area contributed by atoms with Crippen LogP contribution in [0.1, 0.15) is 68.2 Å². The van der Waals surface area contributed by atoms with Crippen LogP contribution in [0.15, 0.2) is 120 Å². The fourth-order valence-electron chi connectivity index (χ4n) is 6.52. The molecule has 0 saturated heterocycles. The number of carbonyl (C=O) groups is 1. The molecule has 6 rings (SSSR count). The number of hydrogen-bond acceptors (Lipinski definition) is 5.